The van der Waals surface area contributed by atoms with Crippen molar-refractivity contribution in [3.63, 3.8) is 0 Å². The number of allylic oxidation sites excluding steroid dienone is 4. The molecule has 1 rings (SSSR count). The van der Waals surface area contributed by atoms with Crippen molar-refractivity contribution < 1.29 is 0 Å². The van der Waals surface area contributed by atoms with E-state index < -0.39 is 0 Å². The van der Waals surface area contributed by atoms with E-state index in [2.05, 4.69) is 40.0 Å². The summed E-state index contributed by atoms with van der Waals surface area (Å²) in [6.45, 7) is 15.2. The Kier molecular flexibility index (Phi) is 8.73. The van der Waals surface area contributed by atoms with E-state index in [4.69, 9.17) is 0 Å². The van der Waals surface area contributed by atoms with Crippen LogP contribution in [-0.4, -0.2) is 0 Å². The zero-order valence-electron chi connectivity index (χ0n) is 14.7. The smallest absolute Gasteiger partial charge is 0.0168 e. The first kappa shape index (κ1) is 18.3. The Bertz CT molecular complexity index is 348. The van der Waals surface area contributed by atoms with Gasteiger partial charge in [-0.15, -0.1) is 0 Å². The SMILES string of the molecule is C=C(CCCC(CCC)C(=C)C=C(C)C)CC1CCCC1. The van der Waals surface area contributed by atoms with Gasteiger partial charge in [-0.25, -0.2) is 0 Å². The summed E-state index contributed by atoms with van der Waals surface area (Å²) >= 11 is 0. The maximum atomic E-state index is 4.32. The second-order valence-electron chi connectivity index (χ2n) is 7.28. The van der Waals surface area contributed by atoms with Gasteiger partial charge in [-0.1, -0.05) is 75.0 Å². The standard InChI is InChI=1S/C21H36/c1-6-10-21(19(5)15-17(2)3)14-9-11-18(4)16-20-12-7-8-13-20/h15,20-21H,4-14,16H2,1-3H3. The third-order valence-electron chi connectivity index (χ3n) is 4.77. The topological polar surface area (TPSA) is 0 Å². The molecule has 0 aromatic heterocycles. The predicted octanol–water partition coefficient (Wildman–Crippen LogP) is 7.23. The molecule has 0 heteroatoms. The van der Waals surface area contributed by atoms with Crippen LogP contribution in [-0.2, 0) is 0 Å². The Morgan fingerprint density at radius 3 is 2.38 bits per heavy atom. The molecule has 0 bridgehead atoms. The molecule has 1 atom stereocenters. The van der Waals surface area contributed by atoms with Gasteiger partial charge in [0.15, 0.2) is 0 Å². The van der Waals surface area contributed by atoms with Gasteiger partial charge in [0.1, 0.15) is 0 Å². The van der Waals surface area contributed by atoms with E-state index >= 15 is 0 Å². The molecule has 0 amide bonds. The van der Waals surface area contributed by atoms with Gasteiger partial charge in [0.2, 0.25) is 0 Å². The molecule has 120 valence electrons. The second kappa shape index (κ2) is 10.0. The van der Waals surface area contributed by atoms with Crippen LogP contribution in [0.15, 0.2) is 36.0 Å². The summed E-state index contributed by atoms with van der Waals surface area (Å²) in [6, 6.07) is 0. The van der Waals surface area contributed by atoms with Crippen molar-refractivity contribution in [3.05, 3.63) is 36.0 Å². The van der Waals surface area contributed by atoms with Crippen LogP contribution < -0.4 is 0 Å². The van der Waals surface area contributed by atoms with Gasteiger partial charge in [-0.2, -0.15) is 0 Å². The molecule has 1 aliphatic carbocycles. The van der Waals surface area contributed by atoms with Crippen molar-refractivity contribution in [3.8, 4) is 0 Å². The number of hydrogen-bond donors (Lipinski definition) is 0. The molecule has 0 saturated heterocycles. The molecule has 0 spiro atoms. The molecule has 1 unspecified atom stereocenters. The van der Waals surface area contributed by atoms with E-state index in [0.717, 1.165) is 5.92 Å². The minimum absolute atomic E-state index is 0.671. The van der Waals surface area contributed by atoms with Gasteiger partial charge in [-0.3, -0.25) is 0 Å². The van der Waals surface area contributed by atoms with Gasteiger partial charge < -0.3 is 0 Å². The molecule has 0 heterocycles. The maximum absolute atomic E-state index is 4.32. The lowest BCUT2D eigenvalue weighted by molar-refractivity contribution is 0.486. The third-order valence-corrected chi connectivity index (χ3v) is 4.77. The molecule has 0 aliphatic heterocycles. The monoisotopic (exact) mass is 288 g/mol. The fourth-order valence-electron chi connectivity index (χ4n) is 3.68. The number of hydrogen-bond acceptors (Lipinski definition) is 0. The van der Waals surface area contributed by atoms with Crippen molar-refractivity contribution in [2.24, 2.45) is 11.8 Å². The Hall–Kier alpha value is -0.780. The Labute approximate surface area is 133 Å². The van der Waals surface area contributed by atoms with E-state index in [-0.39, 0.29) is 0 Å². The van der Waals surface area contributed by atoms with Crippen LogP contribution >= 0.6 is 0 Å². The quantitative estimate of drug-likeness (QED) is 0.294. The van der Waals surface area contributed by atoms with Crippen LogP contribution in [0.3, 0.4) is 0 Å². The molecule has 0 aromatic carbocycles. The summed E-state index contributed by atoms with van der Waals surface area (Å²) < 4.78 is 0. The minimum atomic E-state index is 0.671. The average molecular weight is 289 g/mol. The van der Waals surface area contributed by atoms with Crippen molar-refractivity contribution >= 4 is 0 Å². The van der Waals surface area contributed by atoms with Crippen LogP contribution in [0.5, 0.6) is 0 Å². The molecule has 0 N–H and O–H groups in total. The van der Waals surface area contributed by atoms with Gasteiger partial charge in [0, 0.05) is 0 Å². The van der Waals surface area contributed by atoms with Crippen molar-refractivity contribution in [1.82, 2.24) is 0 Å². The maximum Gasteiger partial charge on any atom is -0.0168 e. The first-order valence-electron chi connectivity index (χ1n) is 9.03. The molecule has 21 heavy (non-hydrogen) atoms. The Morgan fingerprint density at radius 1 is 1.14 bits per heavy atom. The molecular formula is C21H36. The van der Waals surface area contributed by atoms with Crippen molar-refractivity contribution in [1.29, 1.82) is 0 Å². The highest BCUT2D eigenvalue weighted by molar-refractivity contribution is 5.21. The first-order chi connectivity index (χ1) is 10.0. The summed E-state index contributed by atoms with van der Waals surface area (Å²) in [4.78, 5) is 0. The highest BCUT2D eigenvalue weighted by Crippen LogP contribution is 2.32. The highest BCUT2D eigenvalue weighted by atomic mass is 14.2. The van der Waals surface area contributed by atoms with Gasteiger partial charge in [0.05, 0.1) is 0 Å². The van der Waals surface area contributed by atoms with Gasteiger partial charge in [0.25, 0.3) is 0 Å². The minimum Gasteiger partial charge on any atom is -0.0999 e. The van der Waals surface area contributed by atoms with E-state index in [1.807, 2.05) is 0 Å². The summed E-state index contributed by atoms with van der Waals surface area (Å²) in [6.07, 6.45) is 15.6. The van der Waals surface area contributed by atoms with E-state index in [1.165, 1.54) is 80.9 Å². The van der Waals surface area contributed by atoms with Gasteiger partial charge in [-0.05, 0) is 57.8 Å². The van der Waals surface area contributed by atoms with Crippen molar-refractivity contribution in [2.45, 2.75) is 85.0 Å². The fraction of sp³-hybridized carbons (Fsp3) is 0.714. The van der Waals surface area contributed by atoms with E-state index in [0.29, 0.717) is 5.92 Å². The first-order valence-corrected chi connectivity index (χ1v) is 9.03. The van der Waals surface area contributed by atoms with Crippen molar-refractivity contribution in [2.75, 3.05) is 0 Å². The Morgan fingerprint density at radius 2 is 1.81 bits per heavy atom. The van der Waals surface area contributed by atoms with Crippen LogP contribution in [0.4, 0.5) is 0 Å². The molecule has 1 aliphatic rings. The summed E-state index contributed by atoms with van der Waals surface area (Å²) in [5.41, 5.74) is 4.19. The lowest BCUT2D eigenvalue weighted by atomic mass is 9.87. The summed E-state index contributed by atoms with van der Waals surface area (Å²) in [5.74, 6) is 1.62. The molecular weight excluding hydrogens is 252 g/mol. The van der Waals surface area contributed by atoms with Crippen LogP contribution in [0.2, 0.25) is 0 Å². The van der Waals surface area contributed by atoms with E-state index in [9.17, 15) is 0 Å². The van der Waals surface area contributed by atoms with Crippen LogP contribution in [0, 0.1) is 11.8 Å². The number of rotatable bonds is 10. The summed E-state index contributed by atoms with van der Waals surface area (Å²) in [5, 5.41) is 0. The van der Waals surface area contributed by atoms with Crippen LogP contribution in [0.25, 0.3) is 0 Å². The second-order valence-corrected chi connectivity index (χ2v) is 7.28. The largest absolute Gasteiger partial charge is 0.0999 e. The lowest BCUT2D eigenvalue weighted by Crippen LogP contribution is -2.03. The average Bonchev–Trinajstić information content (AvgIpc) is 2.89. The van der Waals surface area contributed by atoms with Crippen LogP contribution in [0.1, 0.15) is 85.0 Å². The summed E-state index contributed by atoms with van der Waals surface area (Å²) in [7, 11) is 0. The predicted molar refractivity (Wildman–Crippen MR) is 96.5 cm³/mol. The molecule has 1 fully saturated rings. The molecule has 0 aromatic rings. The Balaban J connectivity index is 2.30. The molecule has 1 saturated carbocycles. The molecule has 0 radical (unpaired) electrons. The highest BCUT2D eigenvalue weighted by Gasteiger charge is 2.16. The lowest BCUT2D eigenvalue weighted by Gasteiger charge is -2.18. The zero-order valence-corrected chi connectivity index (χ0v) is 14.7. The fourth-order valence-corrected chi connectivity index (χ4v) is 3.68. The van der Waals surface area contributed by atoms with E-state index in [1.54, 1.807) is 0 Å². The zero-order chi connectivity index (χ0) is 15.7. The molecule has 0 nitrogen and oxygen atoms in total. The normalized spacial score (nSPS) is 16.7. The van der Waals surface area contributed by atoms with Gasteiger partial charge >= 0.3 is 0 Å². The third kappa shape index (κ3) is 7.69.